The van der Waals surface area contributed by atoms with Gasteiger partial charge in [0.05, 0.1) is 28.3 Å². The molecule has 0 aromatic heterocycles. The Bertz CT molecular complexity index is 1980. The molecule has 3 aromatic carbocycles. The van der Waals surface area contributed by atoms with Gasteiger partial charge in [0.2, 0.25) is 11.8 Å². The third kappa shape index (κ3) is 8.51. The summed E-state index contributed by atoms with van der Waals surface area (Å²) in [5, 5.41) is 18.3. The maximum Gasteiger partial charge on any atom is 0.264 e. The quantitative estimate of drug-likeness (QED) is 0.132. The third-order valence-corrected chi connectivity index (χ3v) is 10.1. The molecule has 3 aliphatic heterocycles. The first-order chi connectivity index (χ1) is 26.0. The Morgan fingerprint density at radius 1 is 0.944 bits per heavy atom. The number of nitrogens with one attached hydrogen (secondary N) is 3. The fourth-order valence-corrected chi connectivity index (χ4v) is 7.21. The first-order valence-electron chi connectivity index (χ1n) is 18.1. The van der Waals surface area contributed by atoms with Crippen LogP contribution < -0.4 is 20.7 Å². The van der Waals surface area contributed by atoms with Crippen molar-refractivity contribution in [1.82, 2.24) is 15.1 Å². The Labute approximate surface area is 318 Å². The molecule has 2 saturated heterocycles. The number of amides is 5. The van der Waals surface area contributed by atoms with Gasteiger partial charge in [-0.3, -0.25) is 34.2 Å². The number of likely N-dealkylation sites (tertiary alicyclic amines) is 1. The van der Waals surface area contributed by atoms with Crippen LogP contribution in [0.4, 0.5) is 11.4 Å². The number of imide groups is 2. The number of halogens is 1. The molecule has 3 heterocycles. The Balaban J connectivity index is 0.860. The normalized spacial score (nSPS) is 19.1. The molecule has 0 radical (unpaired) electrons. The van der Waals surface area contributed by atoms with Crippen LogP contribution in [0, 0.1) is 16.7 Å². The number of hydrogen-bond donors (Lipinski definition) is 3. The molecule has 3 aliphatic rings. The fourth-order valence-electron chi connectivity index (χ4n) is 7.00. The van der Waals surface area contributed by atoms with Crippen LogP contribution in [0.1, 0.15) is 77.8 Å². The highest BCUT2D eigenvalue weighted by Gasteiger charge is 2.48. The predicted molar refractivity (Wildman–Crippen MR) is 201 cm³/mol. The topological polar surface area (TPSA) is 170 Å². The highest BCUT2D eigenvalue weighted by molar-refractivity contribution is 6.31. The van der Waals surface area contributed by atoms with Crippen molar-refractivity contribution in [3.05, 3.63) is 87.9 Å². The van der Waals surface area contributed by atoms with Crippen LogP contribution in [0.2, 0.25) is 5.02 Å². The average Bonchev–Trinajstić information content (AvgIpc) is 3.52. The van der Waals surface area contributed by atoms with Crippen LogP contribution in [0.15, 0.2) is 60.7 Å². The van der Waals surface area contributed by atoms with Crippen LogP contribution in [0.5, 0.6) is 5.75 Å². The molecule has 2 atom stereocenters. The van der Waals surface area contributed by atoms with E-state index in [2.05, 4.69) is 16.0 Å². The molecule has 0 saturated carbocycles. The van der Waals surface area contributed by atoms with Crippen molar-refractivity contribution in [1.29, 1.82) is 5.26 Å². The largest absolute Gasteiger partial charge is 0.480 e. The number of nitrogens with zero attached hydrogens (tertiary/aromatic N) is 3. The van der Waals surface area contributed by atoms with Gasteiger partial charge < -0.3 is 25.0 Å². The van der Waals surface area contributed by atoms with E-state index in [1.165, 1.54) is 0 Å². The van der Waals surface area contributed by atoms with Crippen LogP contribution in [0.25, 0.3) is 0 Å². The first kappa shape index (κ1) is 38.3. The Morgan fingerprint density at radius 2 is 1.74 bits per heavy atom. The molecule has 14 heteroatoms. The summed E-state index contributed by atoms with van der Waals surface area (Å²) < 4.78 is 11.9. The van der Waals surface area contributed by atoms with Crippen molar-refractivity contribution in [3.63, 3.8) is 0 Å². The monoisotopic (exact) mass is 754 g/mol. The van der Waals surface area contributed by atoms with E-state index in [1.54, 1.807) is 36.4 Å². The standard InChI is InChI=1S/C40H43ClN6O7/c1-40(2)24-46(39(52)35(40)54-28-14-11-26(22-42)30(41)21-28)23-25-9-12-27(13-10-25)43-17-4-3-5-19-53-20-18-44-31-8-6-7-29-34(31)38(51)47(37(29)50)32-15-16-33(48)45-36(32)49/h6-14,21,32,35,43-44H,3-5,15-20,23-24H2,1-2H3,(H,45,48,49). The van der Waals surface area contributed by atoms with E-state index in [-0.39, 0.29) is 34.9 Å². The lowest BCUT2D eigenvalue weighted by atomic mass is 9.89. The summed E-state index contributed by atoms with van der Waals surface area (Å²) in [6.45, 7) is 7.26. The number of piperidine rings is 1. The zero-order chi connectivity index (χ0) is 38.4. The number of carbonyl (C=O) groups is 5. The van der Waals surface area contributed by atoms with Gasteiger partial charge in [-0.15, -0.1) is 0 Å². The van der Waals surface area contributed by atoms with E-state index in [0.717, 1.165) is 42.0 Å². The minimum Gasteiger partial charge on any atom is -0.480 e. The Hall–Kier alpha value is -5.45. The lowest BCUT2D eigenvalue weighted by Gasteiger charge is -2.27. The number of nitriles is 1. The fraction of sp³-hybridized carbons (Fsp3) is 0.400. The van der Waals surface area contributed by atoms with E-state index in [9.17, 15) is 24.0 Å². The van der Waals surface area contributed by atoms with Gasteiger partial charge in [0.1, 0.15) is 17.9 Å². The number of ether oxygens (including phenoxy) is 2. The van der Waals surface area contributed by atoms with Gasteiger partial charge >= 0.3 is 0 Å². The smallest absolute Gasteiger partial charge is 0.264 e. The maximum absolute atomic E-state index is 13.3. The number of fused-ring (bicyclic) bond motifs is 1. The van der Waals surface area contributed by atoms with Crippen molar-refractivity contribution in [3.8, 4) is 11.8 Å². The maximum atomic E-state index is 13.3. The molecule has 0 bridgehead atoms. The molecule has 13 nitrogen and oxygen atoms in total. The number of anilines is 2. The number of hydrogen-bond acceptors (Lipinski definition) is 10. The molecular weight excluding hydrogens is 712 g/mol. The van der Waals surface area contributed by atoms with Gasteiger partial charge in [-0.25, -0.2) is 0 Å². The zero-order valence-electron chi connectivity index (χ0n) is 30.3. The number of unbranched alkanes of at least 4 members (excludes halogenated alkanes) is 2. The minimum absolute atomic E-state index is 0.0692. The van der Waals surface area contributed by atoms with Gasteiger partial charge in [-0.1, -0.05) is 43.6 Å². The molecular formula is C40H43ClN6O7. The molecule has 54 heavy (non-hydrogen) atoms. The molecule has 3 aromatic rings. The van der Waals surface area contributed by atoms with E-state index >= 15 is 0 Å². The SMILES string of the molecule is CC1(C)CN(Cc2ccc(NCCCCCOCCNc3cccc4c3C(=O)N(C3CCC(=O)NC3=O)C4=O)cc2)C(=O)C1Oc1ccc(C#N)c(Cl)c1. The Morgan fingerprint density at radius 3 is 2.48 bits per heavy atom. The van der Waals surface area contributed by atoms with Crippen molar-refractivity contribution < 1.29 is 33.4 Å². The second kappa shape index (κ2) is 16.7. The molecule has 2 unspecified atom stereocenters. The van der Waals surface area contributed by atoms with E-state index in [1.807, 2.05) is 49.1 Å². The van der Waals surface area contributed by atoms with Gasteiger partial charge in [-0.2, -0.15) is 5.26 Å². The highest BCUT2D eigenvalue weighted by Crippen LogP contribution is 2.36. The number of carbonyl (C=O) groups excluding carboxylic acids is 5. The van der Waals surface area contributed by atoms with Crippen molar-refractivity contribution in [2.24, 2.45) is 5.41 Å². The van der Waals surface area contributed by atoms with Crippen LogP contribution in [-0.2, 0) is 25.7 Å². The van der Waals surface area contributed by atoms with Gasteiger partial charge in [-0.05, 0) is 67.6 Å². The van der Waals surface area contributed by atoms with Crippen LogP contribution in [-0.4, -0.2) is 84.3 Å². The summed E-state index contributed by atoms with van der Waals surface area (Å²) in [6.07, 6.45) is 2.33. The van der Waals surface area contributed by atoms with Crippen molar-refractivity contribution in [2.75, 3.05) is 43.5 Å². The second-order valence-corrected chi connectivity index (χ2v) is 14.7. The van der Waals surface area contributed by atoms with Gasteiger partial charge in [0, 0.05) is 62.1 Å². The average molecular weight is 755 g/mol. The summed E-state index contributed by atoms with van der Waals surface area (Å²) in [7, 11) is 0. The molecule has 2 fully saturated rings. The summed E-state index contributed by atoms with van der Waals surface area (Å²) >= 11 is 6.17. The molecule has 5 amide bonds. The highest BCUT2D eigenvalue weighted by atomic mass is 35.5. The summed E-state index contributed by atoms with van der Waals surface area (Å²) in [6, 6.07) is 18.9. The van der Waals surface area contributed by atoms with E-state index in [4.69, 9.17) is 26.3 Å². The lowest BCUT2D eigenvalue weighted by molar-refractivity contribution is -0.136. The van der Waals surface area contributed by atoms with Crippen molar-refractivity contribution in [2.45, 2.75) is 64.6 Å². The molecule has 282 valence electrons. The van der Waals surface area contributed by atoms with Crippen molar-refractivity contribution >= 4 is 52.5 Å². The van der Waals surface area contributed by atoms with Crippen LogP contribution >= 0.6 is 11.6 Å². The van der Waals surface area contributed by atoms with E-state index in [0.29, 0.717) is 49.8 Å². The number of rotatable bonds is 16. The predicted octanol–water partition coefficient (Wildman–Crippen LogP) is 5.14. The Kier molecular flexibility index (Phi) is 11.8. The summed E-state index contributed by atoms with van der Waals surface area (Å²) in [5.74, 6) is -1.76. The van der Waals surface area contributed by atoms with Gasteiger partial charge in [0.25, 0.3) is 17.7 Å². The summed E-state index contributed by atoms with van der Waals surface area (Å²) in [5.41, 5.74) is 2.92. The van der Waals surface area contributed by atoms with Crippen LogP contribution in [0.3, 0.4) is 0 Å². The molecule has 0 spiro atoms. The van der Waals surface area contributed by atoms with Gasteiger partial charge in [0.15, 0.2) is 6.10 Å². The summed E-state index contributed by atoms with van der Waals surface area (Å²) in [4.78, 5) is 66.3. The molecule has 0 aliphatic carbocycles. The first-order valence-corrected chi connectivity index (χ1v) is 18.5. The number of benzene rings is 3. The zero-order valence-corrected chi connectivity index (χ0v) is 31.0. The minimum atomic E-state index is -1.01. The lowest BCUT2D eigenvalue weighted by Crippen LogP contribution is -2.54. The van der Waals surface area contributed by atoms with E-state index < -0.39 is 41.2 Å². The third-order valence-electron chi connectivity index (χ3n) is 9.81. The molecule has 6 rings (SSSR count). The second-order valence-electron chi connectivity index (χ2n) is 14.3. The molecule has 3 N–H and O–H groups in total.